The molecular formula is C15H12Cl2N2O5. The monoisotopic (exact) mass is 370 g/mol. The van der Waals surface area contributed by atoms with Crippen LogP contribution in [0.1, 0.15) is 17.3 Å². The summed E-state index contributed by atoms with van der Waals surface area (Å²) in [7, 11) is 0. The van der Waals surface area contributed by atoms with Gasteiger partial charge in [-0.1, -0.05) is 23.2 Å². The molecule has 0 aromatic heterocycles. The zero-order valence-electron chi connectivity index (χ0n) is 12.4. The normalized spacial score (nSPS) is 10.3. The first kappa shape index (κ1) is 17.8. The van der Waals surface area contributed by atoms with E-state index < -0.39 is 10.8 Å². The molecule has 24 heavy (non-hydrogen) atoms. The van der Waals surface area contributed by atoms with Crippen LogP contribution in [-0.4, -0.2) is 22.5 Å². The number of carbonyl (C=O) groups is 1. The van der Waals surface area contributed by atoms with Gasteiger partial charge in [-0.3, -0.25) is 14.9 Å². The van der Waals surface area contributed by atoms with Crippen molar-refractivity contribution in [2.24, 2.45) is 0 Å². The highest BCUT2D eigenvalue weighted by Gasteiger charge is 2.18. The summed E-state index contributed by atoms with van der Waals surface area (Å²) < 4.78 is 5.28. The van der Waals surface area contributed by atoms with Crippen molar-refractivity contribution in [3.05, 3.63) is 56.1 Å². The van der Waals surface area contributed by atoms with E-state index in [0.717, 1.165) is 18.2 Å². The molecule has 0 saturated carbocycles. The van der Waals surface area contributed by atoms with E-state index in [4.69, 9.17) is 27.9 Å². The summed E-state index contributed by atoms with van der Waals surface area (Å²) in [4.78, 5) is 22.3. The number of aromatic hydroxyl groups is 1. The SMILES string of the molecule is CCOc1c(Cl)cc(NC(=O)c2cc([N+](=O)[O-])ccc2O)cc1Cl. The highest BCUT2D eigenvalue weighted by Crippen LogP contribution is 2.36. The second-order valence-electron chi connectivity index (χ2n) is 4.61. The Bertz CT molecular complexity index is 787. The number of amides is 1. The maximum atomic E-state index is 12.2. The number of carbonyl (C=O) groups excluding carboxylic acids is 1. The number of halogens is 2. The van der Waals surface area contributed by atoms with Gasteiger partial charge in [0, 0.05) is 17.8 Å². The van der Waals surface area contributed by atoms with Crippen LogP contribution in [0.25, 0.3) is 0 Å². The number of phenols is 1. The fourth-order valence-electron chi connectivity index (χ4n) is 1.93. The first-order valence-electron chi connectivity index (χ1n) is 6.74. The van der Waals surface area contributed by atoms with Crippen molar-refractivity contribution in [2.75, 3.05) is 11.9 Å². The van der Waals surface area contributed by atoms with E-state index in [1.165, 1.54) is 12.1 Å². The van der Waals surface area contributed by atoms with Gasteiger partial charge in [0.1, 0.15) is 5.75 Å². The molecule has 0 aliphatic carbocycles. The van der Waals surface area contributed by atoms with E-state index in [9.17, 15) is 20.0 Å². The van der Waals surface area contributed by atoms with Crippen LogP contribution in [0, 0.1) is 10.1 Å². The second-order valence-corrected chi connectivity index (χ2v) is 5.43. The number of hydrogen-bond donors (Lipinski definition) is 2. The molecule has 2 aromatic rings. The number of non-ortho nitro benzene ring substituents is 1. The lowest BCUT2D eigenvalue weighted by atomic mass is 10.1. The third-order valence-electron chi connectivity index (χ3n) is 2.98. The summed E-state index contributed by atoms with van der Waals surface area (Å²) in [6.45, 7) is 2.14. The van der Waals surface area contributed by atoms with Gasteiger partial charge in [0.2, 0.25) is 0 Å². The van der Waals surface area contributed by atoms with Gasteiger partial charge in [-0.15, -0.1) is 0 Å². The molecular weight excluding hydrogens is 359 g/mol. The number of nitro groups is 1. The fraction of sp³-hybridized carbons (Fsp3) is 0.133. The lowest BCUT2D eigenvalue weighted by Gasteiger charge is -2.11. The van der Waals surface area contributed by atoms with E-state index in [1.54, 1.807) is 6.92 Å². The zero-order chi connectivity index (χ0) is 17.9. The molecule has 0 aliphatic rings. The minimum absolute atomic E-state index is 0.197. The predicted molar refractivity (Wildman–Crippen MR) is 90.3 cm³/mol. The van der Waals surface area contributed by atoms with E-state index in [2.05, 4.69) is 5.32 Å². The number of nitrogens with zero attached hydrogens (tertiary/aromatic N) is 1. The lowest BCUT2D eigenvalue weighted by molar-refractivity contribution is -0.384. The predicted octanol–water partition coefficient (Wildman–Crippen LogP) is 4.26. The Balaban J connectivity index is 2.30. The van der Waals surface area contributed by atoms with Gasteiger partial charge in [-0.2, -0.15) is 0 Å². The Labute approximate surface area is 146 Å². The van der Waals surface area contributed by atoms with Crippen molar-refractivity contribution in [2.45, 2.75) is 6.92 Å². The van der Waals surface area contributed by atoms with E-state index >= 15 is 0 Å². The van der Waals surface area contributed by atoms with Gasteiger partial charge in [-0.25, -0.2) is 0 Å². The topological polar surface area (TPSA) is 102 Å². The highest BCUT2D eigenvalue weighted by atomic mass is 35.5. The molecule has 0 aliphatic heterocycles. The van der Waals surface area contributed by atoms with Gasteiger partial charge in [0.25, 0.3) is 11.6 Å². The van der Waals surface area contributed by atoms with Crippen LogP contribution in [0.4, 0.5) is 11.4 Å². The fourth-order valence-corrected chi connectivity index (χ4v) is 2.53. The van der Waals surface area contributed by atoms with Crippen molar-refractivity contribution in [1.82, 2.24) is 0 Å². The molecule has 2 N–H and O–H groups in total. The number of ether oxygens (including phenoxy) is 1. The molecule has 0 unspecified atom stereocenters. The van der Waals surface area contributed by atoms with Crippen LogP contribution in [-0.2, 0) is 0 Å². The molecule has 9 heteroatoms. The van der Waals surface area contributed by atoms with Crippen LogP contribution in [0.2, 0.25) is 10.0 Å². The Kier molecular flexibility index (Phi) is 5.48. The summed E-state index contributed by atoms with van der Waals surface area (Å²) >= 11 is 12.1. The average molecular weight is 371 g/mol. The summed E-state index contributed by atoms with van der Waals surface area (Å²) in [5, 5.41) is 23.4. The molecule has 126 valence electrons. The molecule has 2 aromatic carbocycles. The van der Waals surface area contributed by atoms with Crippen molar-refractivity contribution in [3.63, 3.8) is 0 Å². The number of phenolic OH excluding ortho intramolecular Hbond substituents is 1. The van der Waals surface area contributed by atoms with Crippen molar-refractivity contribution < 1.29 is 19.6 Å². The van der Waals surface area contributed by atoms with E-state index in [1.807, 2.05) is 0 Å². The Hall–Kier alpha value is -2.51. The third-order valence-corrected chi connectivity index (χ3v) is 3.54. The Morgan fingerprint density at radius 3 is 2.46 bits per heavy atom. The molecule has 0 bridgehead atoms. The first-order valence-corrected chi connectivity index (χ1v) is 7.49. The van der Waals surface area contributed by atoms with Crippen molar-refractivity contribution in [3.8, 4) is 11.5 Å². The number of hydrogen-bond acceptors (Lipinski definition) is 5. The average Bonchev–Trinajstić information content (AvgIpc) is 2.51. The molecule has 7 nitrogen and oxygen atoms in total. The Morgan fingerprint density at radius 2 is 1.92 bits per heavy atom. The summed E-state index contributed by atoms with van der Waals surface area (Å²) in [6.07, 6.45) is 0. The third kappa shape index (κ3) is 3.87. The molecule has 0 spiro atoms. The lowest BCUT2D eigenvalue weighted by Crippen LogP contribution is -2.12. The maximum Gasteiger partial charge on any atom is 0.270 e. The molecule has 0 atom stereocenters. The smallest absolute Gasteiger partial charge is 0.270 e. The number of nitrogens with one attached hydrogen (secondary N) is 1. The van der Waals surface area contributed by atoms with Gasteiger partial charge < -0.3 is 15.2 Å². The summed E-state index contributed by atoms with van der Waals surface area (Å²) in [5.41, 5.74) is -0.310. The second kappa shape index (κ2) is 7.37. The van der Waals surface area contributed by atoms with Gasteiger partial charge in [0.05, 0.1) is 27.1 Å². The molecule has 0 saturated heterocycles. The molecule has 1 amide bonds. The summed E-state index contributed by atoms with van der Waals surface area (Å²) in [5.74, 6) is -0.842. The molecule has 2 rings (SSSR count). The standard InChI is InChI=1S/C15H12Cl2N2O5/c1-2-24-14-11(16)5-8(6-12(14)17)18-15(21)10-7-9(19(22)23)3-4-13(10)20/h3-7,20H,2H2,1H3,(H,18,21). The Morgan fingerprint density at radius 1 is 1.29 bits per heavy atom. The number of rotatable bonds is 5. The number of benzene rings is 2. The minimum Gasteiger partial charge on any atom is -0.507 e. The van der Waals surface area contributed by atoms with Gasteiger partial charge in [0.15, 0.2) is 5.75 Å². The van der Waals surface area contributed by atoms with Crippen LogP contribution in [0.5, 0.6) is 11.5 Å². The van der Waals surface area contributed by atoms with Gasteiger partial charge in [-0.05, 0) is 25.1 Å². The van der Waals surface area contributed by atoms with E-state index in [0.29, 0.717) is 6.61 Å². The molecule has 0 heterocycles. The molecule has 0 fully saturated rings. The van der Waals surface area contributed by atoms with Gasteiger partial charge >= 0.3 is 0 Å². The summed E-state index contributed by atoms with van der Waals surface area (Å²) in [6, 6.07) is 5.99. The molecule has 0 radical (unpaired) electrons. The van der Waals surface area contributed by atoms with Crippen molar-refractivity contribution in [1.29, 1.82) is 0 Å². The quantitative estimate of drug-likeness (QED) is 0.604. The minimum atomic E-state index is -0.743. The largest absolute Gasteiger partial charge is 0.507 e. The van der Waals surface area contributed by atoms with E-state index in [-0.39, 0.29) is 38.5 Å². The van der Waals surface area contributed by atoms with Crippen LogP contribution < -0.4 is 10.1 Å². The van der Waals surface area contributed by atoms with Crippen LogP contribution >= 0.6 is 23.2 Å². The number of nitro benzene ring substituents is 1. The highest BCUT2D eigenvalue weighted by molar-refractivity contribution is 6.37. The first-order chi connectivity index (χ1) is 11.3. The number of anilines is 1. The van der Waals surface area contributed by atoms with Crippen molar-refractivity contribution >= 4 is 40.5 Å². The zero-order valence-corrected chi connectivity index (χ0v) is 13.9. The maximum absolute atomic E-state index is 12.2. The van der Waals surface area contributed by atoms with Crippen LogP contribution in [0.3, 0.4) is 0 Å². The van der Waals surface area contributed by atoms with Crippen LogP contribution in [0.15, 0.2) is 30.3 Å².